The highest BCUT2D eigenvalue weighted by Gasteiger charge is 2.08. The Bertz CT molecular complexity index is 662. The van der Waals surface area contributed by atoms with Crippen LogP contribution in [0.2, 0.25) is 0 Å². The summed E-state index contributed by atoms with van der Waals surface area (Å²) in [6.07, 6.45) is 1.98. The second-order valence-corrected chi connectivity index (χ2v) is 5.21. The van der Waals surface area contributed by atoms with Gasteiger partial charge in [0.15, 0.2) is 11.7 Å². The van der Waals surface area contributed by atoms with Crippen LogP contribution in [0.4, 0.5) is 0 Å². The van der Waals surface area contributed by atoms with E-state index in [1.807, 2.05) is 12.1 Å². The molecule has 0 aliphatic carbocycles. The van der Waals surface area contributed by atoms with E-state index < -0.39 is 5.97 Å². The summed E-state index contributed by atoms with van der Waals surface area (Å²) in [6.45, 7) is 6.28. The molecule has 110 valence electrons. The molecule has 1 aromatic heterocycles. The Morgan fingerprint density at radius 3 is 2.43 bits per heavy atom. The second-order valence-electron chi connectivity index (χ2n) is 5.21. The van der Waals surface area contributed by atoms with Crippen LogP contribution in [0.15, 0.2) is 40.5 Å². The fourth-order valence-electron chi connectivity index (χ4n) is 1.95. The summed E-state index contributed by atoms with van der Waals surface area (Å²) in [5.74, 6) is 0.269. The molecule has 0 spiro atoms. The zero-order valence-electron chi connectivity index (χ0n) is 12.5. The van der Waals surface area contributed by atoms with E-state index in [1.54, 1.807) is 6.20 Å². The quantitative estimate of drug-likeness (QED) is 0.895. The van der Waals surface area contributed by atoms with Gasteiger partial charge in [-0.25, -0.2) is 4.98 Å². The van der Waals surface area contributed by atoms with Crippen molar-refractivity contribution in [1.82, 2.24) is 4.98 Å². The number of rotatable bonds is 5. The van der Waals surface area contributed by atoms with Crippen LogP contribution >= 0.6 is 0 Å². The fourth-order valence-corrected chi connectivity index (χ4v) is 1.95. The van der Waals surface area contributed by atoms with Crippen LogP contribution in [0.25, 0.3) is 16.9 Å². The lowest BCUT2D eigenvalue weighted by atomic mass is 10.0. The summed E-state index contributed by atoms with van der Waals surface area (Å²) in [4.78, 5) is 14.6. The minimum atomic E-state index is -0.851. The first-order valence-electron chi connectivity index (χ1n) is 6.88. The molecule has 2 aromatic rings. The van der Waals surface area contributed by atoms with E-state index in [1.165, 1.54) is 16.7 Å². The highest BCUT2D eigenvalue weighted by atomic mass is 16.4. The summed E-state index contributed by atoms with van der Waals surface area (Å²) in [5.41, 5.74) is 4.68. The molecular formula is C17H19NO3. The summed E-state index contributed by atoms with van der Waals surface area (Å²) >= 11 is 0. The summed E-state index contributed by atoms with van der Waals surface area (Å²) in [7, 11) is 0. The summed E-state index contributed by atoms with van der Waals surface area (Å²) in [6, 6.07) is 8.08. The van der Waals surface area contributed by atoms with E-state index in [4.69, 9.17) is 9.52 Å². The molecule has 0 saturated carbocycles. The highest BCUT2D eigenvalue weighted by Crippen LogP contribution is 2.24. The number of carbonyl (C=O) groups is 1. The zero-order valence-corrected chi connectivity index (χ0v) is 12.5. The van der Waals surface area contributed by atoms with Crippen molar-refractivity contribution >= 4 is 11.5 Å². The number of allylic oxidation sites excluding steroid dienone is 2. The molecule has 0 bridgehead atoms. The number of benzene rings is 1. The minimum absolute atomic E-state index is 0.0264. The second kappa shape index (κ2) is 6.39. The third kappa shape index (κ3) is 3.81. The molecule has 0 aliphatic rings. The third-order valence-corrected chi connectivity index (χ3v) is 3.46. The van der Waals surface area contributed by atoms with Gasteiger partial charge in [0.2, 0.25) is 0 Å². The molecule has 1 N–H and O–H groups in total. The van der Waals surface area contributed by atoms with E-state index in [9.17, 15) is 4.79 Å². The van der Waals surface area contributed by atoms with E-state index in [0.717, 1.165) is 5.56 Å². The van der Waals surface area contributed by atoms with Gasteiger partial charge in [-0.3, -0.25) is 4.79 Å². The Morgan fingerprint density at radius 1 is 1.19 bits per heavy atom. The lowest BCUT2D eigenvalue weighted by Gasteiger charge is -2.05. The van der Waals surface area contributed by atoms with Gasteiger partial charge in [0, 0.05) is 12.0 Å². The largest absolute Gasteiger partial charge is 0.481 e. The van der Waals surface area contributed by atoms with E-state index >= 15 is 0 Å². The predicted molar refractivity (Wildman–Crippen MR) is 81.8 cm³/mol. The van der Waals surface area contributed by atoms with Crippen LogP contribution in [0.3, 0.4) is 0 Å². The molecule has 0 amide bonds. The topological polar surface area (TPSA) is 63.3 Å². The molecule has 0 atom stereocenters. The van der Waals surface area contributed by atoms with Crippen molar-refractivity contribution in [3.05, 3.63) is 47.5 Å². The lowest BCUT2D eigenvalue weighted by molar-refractivity contribution is -0.137. The number of hydrogen-bond acceptors (Lipinski definition) is 3. The highest BCUT2D eigenvalue weighted by molar-refractivity contribution is 5.69. The summed E-state index contributed by atoms with van der Waals surface area (Å²) < 4.78 is 5.58. The van der Waals surface area contributed by atoms with Gasteiger partial charge >= 0.3 is 5.97 Å². The fraction of sp³-hybridized carbons (Fsp3) is 0.294. The smallest absolute Gasteiger partial charge is 0.303 e. The Labute approximate surface area is 124 Å². The van der Waals surface area contributed by atoms with Crippen LogP contribution in [-0.4, -0.2) is 16.1 Å². The van der Waals surface area contributed by atoms with Gasteiger partial charge in [-0.05, 0) is 31.9 Å². The molecule has 4 nitrogen and oxygen atoms in total. The number of nitrogens with zero attached hydrogens (tertiary/aromatic N) is 1. The maximum atomic E-state index is 10.5. The van der Waals surface area contributed by atoms with Crippen LogP contribution in [0.1, 0.15) is 38.6 Å². The Hall–Kier alpha value is -2.36. The standard InChI is InChI=1S/C17H19NO3/c1-11(2)12(3)13-4-6-14(7-5-13)15-10-18-16(21-15)8-9-17(19)20/h4-7,10H,8-9H2,1-3H3,(H,19,20). The van der Waals surface area contributed by atoms with E-state index in [-0.39, 0.29) is 6.42 Å². The van der Waals surface area contributed by atoms with Gasteiger partial charge in [-0.2, -0.15) is 0 Å². The number of carboxylic acids is 1. The van der Waals surface area contributed by atoms with E-state index in [2.05, 4.69) is 37.9 Å². The first-order valence-corrected chi connectivity index (χ1v) is 6.88. The van der Waals surface area contributed by atoms with Gasteiger partial charge in [0.1, 0.15) is 0 Å². The molecule has 2 rings (SSSR count). The molecule has 21 heavy (non-hydrogen) atoms. The minimum Gasteiger partial charge on any atom is -0.481 e. The van der Waals surface area contributed by atoms with Crippen molar-refractivity contribution < 1.29 is 14.3 Å². The average molecular weight is 285 g/mol. The van der Waals surface area contributed by atoms with Crippen molar-refractivity contribution in [1.29, 1.82) is 0 Å². The Kier molecular flexibility index (Phi) is 4.58. The van der Waals surface area contributed by atoms with Crippen LogP contribution in [0, 0.1) is 0 Å². The van der Waals surface area contributed by atoms with E-state index in [0.29, 0.717) is 18.1 Å². The first kappa shape index (κ1) is 15.0. The SMILES string of the molecule is CC(C)=C(C)c1ccc(-c2cnc(CCC(=O)O)o2)cc1. The van der Waals surface area contributed by atoms with Crippen molar-refractivity contribution in [3.63, 3.8) is 0 Å². The molecule has 0 radical (unpaired) electrons. The molecule has 0 unspecified atom stereocenters. The van der Waals surface area contributed by atoms with Crippen LogP contribution in [-0.2, 0) is 11.2 Å². The molecule has 0 saturated heterocycles. The molecule has 1 aromatic carbocycles. The monoisotopic (exact) mass is 285 g/mol. The number of aryl methyl sites for hydroxylation is 1. The van der Waals surface area contributed by atoms with Crippen molar-refractivity contribution in [3.8, 4) is 11.3 Å². The molecular weight excluding hydrogens is 266 g/mol. The van der Waals surface area contributed by atoms with Gasteiger partial charge in [0.25, 0.3) is 0 Å². The number of aliphatic carboxylic acids is 1. The molecule has 1 heterocycles. The first-order chi connectivity index (χ1) is 9.97. The zero-order chi connectivity index (χ0) is 15.4. The van der Waals surface area contributed by atoms with Gasteiger partial charge < -0.3 is 9.52 Å². The third-order valence-electron chi connectivity index (χ3n) is 3.46. The Balaban J connectivity index is 2.16. The maximum Gasteiger partial charge on any atom is 0.303 e. The maximum absolute atomic E-state index is 10.5. The Morgan fingerprint density at radius 2 is 1.86 bits per heavy atom. The van der Waals surface area contributed by atoms with Gasteiger partial charge in [-0.15, -0.1) is 0 Å². The molecule has 0 fully saturated rings. The van der Waals surface area contributed by atoms with Crippen molar-refractivity contribution in [2.75, 3.05) is 0 Å². The lowest BCUT2D eigenvalue weighted by Crippen LogP contribution is -1.97. The van der Waals surface area contributed by atoms with Crippen LogP contribution < -0.4 is 0 Å². The normalized spacial score (nSPS) is 10.4. The number of hydrogen-bond donors (Lipinski definition) is 1. The number of carboxylic acid groups (broad SMARTS) is 1. The van der Waals surface area contributed by atoms with Crippen molar-refractivity contribution in [2.45, 2.75) is 33.6 Å². The average Bonchev–Trinajstić information content (AvgIpc) is 2.93. The van der Waals surface area contributed by atoms with Crippen molar-refractivity contribution in [2.24, 2.45) is 0 Å². The number of aromatic nitrogens is 1. The van der Waals surface area contributed by atoms with Gasteiger partial charge in [-0.1, -0.05) is 29.8 Å². The molecule has 0 aliphatic heterocycles. The summed E-state index contributed by atoms with van der Waals surface area (Å²) in [5, 5.41) is 8.65. The van der Waals surface area contributed by atoms with Crippen LogP contribution in [0.5, 0.6) is 0 Å². The van der Waals surface area contributed by atoms with Gasteiger partial charge in [0.05, 0.1) is 12.6 Å². The molecule has 4 heteroatoms. The predicted octanol–water partition coefficient (Wildman–Crippen LogP) is 4.17. The number of oxazole rings is 1.